The molecule has 4 heteroatoms. The fraction of sp³-hybridized carbons (Fsp3) is 0.667. The number of hydrogen-bond acceptors (Lipinski definition) is 2. The molecule has 1 heterocycles. The van der Waals surface area contributed by atoms with Gasteiger partial charge in [-0.3, -0.25) is 4.68 Å². The minimum Gasteiger partial charge on any atom is -0.396 e. The van der Waals surface area contributed by atoms with E-state index in [0.717, 1.165) is 23.7 Å². The van der Waals surface area contributed by atoms with E-state index in [1.165, 1.54) is 12.8 Å². The van der Waals surface area contributed by atoms with Crippen LogP contribution in [0.25, 0.3) is 0 Å². The van der Waals surface area contributed by atoms with Crippen LogP contribution in [-0.4, -0.2) is 21.5 Å². The van der Waals surface area contributed by atoms with E-state index < -0.39 is 0 Å². The molecule has 0 aliphatic heterocycles. The predicted molar refractivity (Wildman–Crippen MR) is 50.9 cm³/mol. The highest BCUT2D eigenvalue weighted by atomic mass is 35.5. The maximum absolute atomic E-state index is 8.65. The largest absolute Gasteiger partial charge is 0.396 e. The van der Waals surface area contributed by atoms with Gasteiger partial charge in [0.1, 0.15) is 0 Å². The van der Waals surface area contributed by atoms with Gasteiger partial charge >= 0.3 is 0 Å². The molecule has 0 spiro atoms. The van der Waals surface area contributed by atoms with Crippen molar-refractivity contribution < 1.29 is 5.11 Å². The van der Waals surface area contributed by atoms with E-state index in [4.69, 9.17) is 16.7 Å². The number of aliphatic hydroxyl groups excluding tert-OH is 1. The zero-order valence-corrected chi connectivity index (χ0v) is 8.17. The second-order valence-corrected chi connectivity index (χ2v) is 3.88. The smallest absolute Gasteiger partial charge is 0.0841 e. The van der Waals surface area contributed by atoms with Gasteiger partial charge in [-0.15, -0.1) is 0 Å². The highest BCUT2D eigenvalue weighted by Crippen LogP contribution is 2.42. The molecule has 1 N–H and O–H groups in total. The average molecular weight is 201 g/mol. The van der Waals surface area contributed by atoms with Gasteiger partial charge in [0.05, 0.1) is 10.7 Å². The minimum atomic E-state index is 0.205. The van der Waals surface area contributed by atoms with Crippen LogP contribution >= 0.6 is 11.6 Å². The molecule has 1 aromatic heterocycles. The lowest BCUT2D eigenvalue weighted by Crippen LogP contribution is -2.00. The molecule has 0 radical (unpaired) electrons. The molecular formula is C9H13ClN2O. The standard InChI is InChI=1S/C9H13ClN2O/c10-8-6-12(4-1-5-13)11-9(8)7-2-3-7/h6-7,13H,1-5H2. The molecule has 0 bridgehead atoms. The molecule has 0 saturated heterocycles. The van der Waals surface area contributed by atoms with Crippen LogP contribution < -0.4 is 0 Å². The third kappa shape index (κ3) is 2.03. The first-order valence-electron chi connectivity index (χ1n) is 4.65. The van der Waals surface area contributed by atoms with Gasteiger partial charge in [-0.1, -0.05) is 11.6 Å². The van der Waals surface area contributed by atoms with Gasteiger partial charge in [0.15, 0.2) is 0 Å². The first-order valence-corrected chi connectivity index (χ1v) is 5.03. The Morgan fingerprint density at radius 1 is 1.62 bits per heavy atom. The summed E-state index contributed by atoms with van der Waals surface area (Å²) in [4.78, 5) is 0. The Kier molecular flexibility index (Phi) is 2.56. The molecule has 72 valence electrons. The van der Waals surface area contributed by atoms with Crippen LogP contribution in [0.15, 0.2) is 6.20 Å². The van der Waals surface area contributed by atoms with Gasteiger partial charge in [0, 0.05) is 25.3 Å². The fourth-order valence-corrected chi connectivity index (χ4v) is 1.70. The molecule has 13 heavy (non-hydrogen) atoms. The van der Waals surface area contributed by atoms with E-state index in [-0.39, 0.29) is 6.61 Å². The van der Waals surface area contributed by atoms with Crippen LogP contribution in [0, 0.1) is 0 Å². The summed E-state index contributed by atoms with van der Waals surface area (Å²) in [5.41, 5.74) is 1.04. The lowest BCUT2D eigenvalue weighted by Gasteiger charge is -1.97. The van der Waals surface area contributed by atoms with Crippen molar-refractivity contribution >= 4 is 11.6 Å². The summed E-state index contributed by atoms with van der Waals surface area (Å²) in [7, 11) is 0. The number of rotatable bonds is 4. The number of aromatic nitrogens is 2. The number of nitrogens with zero attached hydrogens (tertiary/aromatic N) is 2. The molecule has 0 atom stereocenters. The molecular weight excluding hydrogens is 188 g/mol. The van der Waals surface area contributed by atoms with Crippen LogP contribution in [-0.2, 0) is 6.54 Å². The predicted octanol–water partition coefficient (Wildman–Crippen LogP) is 1.80. The molecule has 0 aromatic carbocycles. The van der Waals surface area contributed by atoms with E-state index in [1.54, 1.807) is 0 Å². The SMILES string of the molecule is OCCCn1cc(Cl)c(C2CC2)n1. The normalized spacial score (nSPS) is 16.5. The maximum Gasteiger partial charge on any atom is 0.0841 e. The number of aryl methyl sites for hydroxylation is 1. The second-order valence-electron chi connectivity index (χ2n) is 3.48. The maximum atomic E-state index is 8.65. The average Bonchev–Trinajstić information content (AvgIpc) is 2.88. The summed E-state index contributed by atoms with van der Waals surface area (Å²) in [5.74, 6) is 0.600. The van der Waals surface area contributed by atoms with E-state index in [9.17, 15) is 0 Å². The van der Waals surface area contributed by atoms with Crippen molar-refractivity contribution in [1.82, 2.24) is 9.78 Å². The Labute approximate surface area is 82.3 Å². The van der Waals surface area contributed by atoms with E-state index in [0.29, 0.717) is 5.92 Å². The summed E-state index contributed by atoms with van der Waals surface area (Å²) in [6, 6.07) is 0. The van der Waals surface area contributed by atoms with Crippen LogP contribution in [0.4, 0.5) is 0 Å². The molecule has 1 aliphatic rings. The third-order valence-corrected chi connectivity index (χ3v) is 2.54. The zero-order valence-electron chi connectivity index (χ0n) is 7.41. The van der Waals surface area contributed by atoms with Crippen molar-refractivity contribution in [1.29, 1.82) is 0 Å². The Morgan fingerprint density at radius 3 is 3.00 bits per heavy atom. The lowest BCUT2D eigenvalue weighted by molar-refractivity contribution is 0.277. The monoisotopic (exact) mass is 200 g/mol. The summed E-state index contributed by atoms with van der Waals surface area (Å²) in [6.07, 6.45) is 5.03. The van der Waals surface area contributed by atoms with E-state index >= 15 is 0 Å². The number of hydrogen-bond donors (Lipinski definition) is 1. The third-order valence-electron chi connectivity index (χ3n) is 2.25. The minimum absolute atomic E-state index is 0.205. The van der Waals surface area contributed by atoms with Gasteiger partial charge in [-0.05, 0) is 19.3 Å². The van der Waals surface area contributed by atoms with Crippen molar-refractivity contribution in [2.45, 2.75) is 31.7 Å². The Balaban J connectivity index is 2.05. The van der Waals surface area contributed by atoms with Crippen molar-refractivity contribution in [2.24, 2.45) is 0 Å². The molecule has 1 saturated carbocycles. The zero-order chi connectivity index (χ0) is 9.26. The highest BCUT2D eigenvalue weighted by molar-refractivity contribution is 6.31. The van der Waals surface area contributed by atoms with Crippen molar-refractivity contribution in [3.63, 3.8) is 0 Å². The van der Waals surface area contributed by atoms with Gasteiger partial charge < -0.3 is 5.11 Å². The highest BCUT2D eigenvalue weighted by Gasteiger charge is 2.28. The lowest BCUT2D eigenvalue weighted by atomic mass is 10.3. The van der Waals surface area contributed by atoms with Crippen molar-refractivity contribution in [3.05, 3.63) is 16.9 Å². The molecule has 3 nitrogen and oxygen atoms in total. The summed E-state index contributed by atoms with van der Waals surface area (Å²) in [5, 5.41) is 13.8. The first-order chi connectivity index (χ1) is 6.31. The van der Waals surface area contributed by atoms with Crippen LogP contribution in [0.1, 0.15) is 30.9 Å². The topological polar surface area (TPSA) is 38.0 Å². The van der Waals surface area contributed by atoms with Gasteiger partial charge in [-0.25, -0.2) is 0 Å². The molecule has 0 unspecified atom stereocenters. The van der Waals surface area contributed by atoms with Crippen LogP contribution in [0.5, 0.6) is 0 Å². The van der Waals surface area contributed by atoms with Crippen LogP contribution in [0.2, 0.25) is 5.02 Å². The van der Waals surface area contributed by atoms with Gasteiger partial charge in [0.25, 0.3) is 0 Å². The molecule has 1 aliphatic carbocycles. The fourth-order valence-electron chi connectivity index (χ4n) is 1.39. The Morgan fingerprint density at radius 2 is 2.38 bits per heavy atom. The first kappa shape index (κ1) is 9.03. The summed E-state index contributed by atoms with van der Waals surface area (Å²) in [6.45, 7) is 0.958. The van der Waals surface area contributed by atoms with Crippen molar-refractivity contribution in [3.8, 4) is 0 Å². The second kappa shape index (κ2) is 3.68. The van der Waals surface area contributed by atoms with Crippen molar-refractivity contribution in [2.75, 3.05) is 6.61 Å². The number of halogens is 1. The molecule has 0 amide bonds. The van der Waals surface area contributed by atoms with E-state index in [1.807, 2.05) is 10.9 Å². The summed E-state index contributed by atoms with van der Waals surface area (Å²) >= 11 is 6.01. The molecule has 1 aromatic rings. The quantitative estimate of drug-likeness (QED) is 0.805. The Bertz CT molecular complexity index is 294. The van der Waals surface area contributed by atoms with Gasteiger partial charge in [-0.2, -0.15) is 5.10 Å². The van der Waals surface area contributed by atoms with E-state index in [2.05, 4.69) is 5.10 Å². The molecule has 1 fully saturated rings. The Hall–Kier alpha value is -0.540. The summed E-state index contributed by atoms with van der Waals surface area (Å²) < 4.78 is 1.83. The van der Waals surface area contributed by atoms with Crippen LogP contribution in [0.3, 0.4) is 0 Å². The van der Waals surface area contributed by atoms with Gasteiger partial charge in [0.2, 0.25) is 0 Å². The molecule has 2 rings (SSSR count). The number of aliphatic hydroxyl groups is 1.